The first-order valence-electron chi connectivity index (χ1n) is 9.29. The predicted molar refractivity (Wildman–Crippen MR) is 114 cm³/mol. The van der Waals surface area contributed by atoms with Gasteiger partial charge in [0.1, 0.15) is 17.1 Å². The minimum atomic E-state index is -0.314. The molecule has 1 aliphatic carbocycles. The van der Waals surface area contributed by atoms with Crippen LogP contribution in [-0.2, 0) is 4.74 Å². The number of ether oxygens (including phenoxy) is 1. The van der Waals surface area contributed by atoms with Crippen LogP contribution in [-0.4, -0.2) is 32.1 Å². The molecule has 0 radical (unpaired) electrons. The van der Waals surface area contributed by atoms with Crippen molar-refractivity contribution in [2.24, 2.45) is 4.99 Å². The summed E-state index contributed by atoms with van der Waals surface area (Å²) in [5.41, 5.74) is 3.01. The van der Waals surface area contributed by atoms with E-state index in [1.807, 2.05) is 19.1 Å². The molecule has 2 aromatic rings. The fourth-order valence-corrected chi connectivity index (χ4v) is 3.25. The van der Waals surface area contributed by atoms with Crippen LogP contribution in [0.25, 0.3) is 0 Å². The first-order valence-corrected chi connectivity index (χ1v) is 10.1. The molecule has 0 atom stereocenters. The maximum atomic E-state index is 13.5. The largest absolute Gasteiger partial charge is 0.472 e. The lowest BCUT2D eigenvalue weighted by atomic mass is 10.2. The molecule has 1 amide bonds. The molecule has 4 rings (SSSR count). The minimum Gasteiger partial charge on any atom is -0.472 e. The van der Waals surface area contributed by atoms with Gasteiger partial charge in [-0.05, 0) is 54.8 Å². The van der Waals surface area contributed by atoms with Crippen molar-refractivity contribution in [2.75, 3.05) is 11.5 Å². The van der Waals surface area contributed by atoms with Crippen LogP contribution in [0.1, 0.15) is 47.6 Å². The Kier molecular flexibility index (Phi) is 5.27. The van der Waals surface area contributed by atoms with Crippen LogP contribution in [0.4, 0.5) is 5.69 Å². The molecule has 1 fully saturated rings. The third kappa shape index (κ3) is 4.12. The number of allylic oxidation sites excluding steroid dienone is 1. The molecule has 3 heterocycles. The Morgan fingerprint density at radius 2 is 1.90 bits per heavy atom. The van der Waals surface area contributed by atoms with Crippen molar-refractivity contribution >= 4 is 32.1 Å². The van der Waals surface area contributed by atoms with Crippen molar-refractivity contribution in [3.8, 4) is 0 Å². The minimum absolute atomic E-state index is 0.205. The topological polar surface area (TPSA) is 80.6 Å². The number of anilines is 1. The van der Waals surface area contributed by atoms with E-state index in [1.165, 1.54) is 4.90 Å². The number of aliphatic imine (C=N–C) groups is 1. The number of amides is 1. The highest BCUT2D eigenvalue weighted by Crippen LogP contribution is 2.37. The van der Waals surface area contributed by atoms with Gasteiger partial charge < -0.3 is 4.74 Å². The molecule has 0 saturated heterocycles. The zero-order valence-corrected chi connectivity index (χ0v) is 17.8. The van der Waals surface area contributed by atoms with E-state index in [9.17, 15) is 4.79 Å². The number of nitrogens with zero attached hydrogens (tertiary/aromatic N) is 5. The van der Waals surface area contributed by atoms with E-state index in [1.54, 1.807) is 25.5 Å². The zero-order valence-electron chi connectivity index (χ0n) is 16.2. The maximum Gasteiger partial charge on any atom is 0.268 e. The van der Waals surface area contributed by atoms with Crippen LogP contribution in [0.15, 0.2) is 59.4 Å². The summed E-state index contributed by atoms with van der Waals surface area (Å²) in [5, 5.41) is 0. The SMILES string of the molecule is C=C1COC(N(C(=O)c2cnc(C3CC3)nc2)c2ccc(C)nc2)=C(C)N=C1Br. The maximum absolute atomic E-state index is 13.5. The highest BCUT2D eigenvalue weighted by atomic mass is 79.9. The van der Waals surface area contributed by atoms with Gasteiger partial charge in [0.15, 0.2) is 0 Å². The highest BCUT2D eigenvalue weighted by Gasteiger charge is 2.30. The molecular weight excluding hydrogens is 434 g/mol. The summed E-state index contributed by atoms with van der Waals surface area (Å²) in [6, 6.07) is 3.66. The summed E-state index contributed by atoms with van der Waals surface area (Å²) >= 11 is 3.40. The quantitative estimate of drug-likeness (QED) is 0.689. The molecule has 2 aromatic heterocycles. The van der Waals surface area contributed by atoms with Gasteiger partial charge in [0.05, 0.1) is 23.1 Å². The number of halogens is 1. The summed E-state index contributed by atoms with van der Waals surface area (Å²) in [5.74, 6) is 1.22. The molecule has 0 spiro atoms. The summed E-state index contributed by atoms with van der Waals surface area (Å²) in [6.45, 7) is 7.81. The van der Waals surface area contributed by atoms with Crippen LogP contribution in [0.5, 0.6) is 0 Å². The van der Waals surface area contributed by atoms with E-state index in [2.05, 4.69) is 42.5 Å². The molecule has 0 unspecified atom stereocenters. The second kappa shape index (κ2) is 7.87. The van der Waals surface area contributed by atoms with Crippen molar-refractivity contribution in [3.63, 3.8) is 0 Å². The smallest absolute Gasteiger partial charge is 0.268 e. The molecule has 0 bridgehead atoms. The summed E-state index contributed by atoms with van der Waals surface area (Å²) in [6.07, 6.45) is 6.98. The van der Waals surface area contributed by atoms with E-state index in [-0.39, 0.29) is 12.5 Å². The van der Waals surface area contributed by atoms with Crippen LogP contribution in [0, 0.1) is 6.92 Å². The molecule has 2 aliphatic rings. The summed E-state index contributed by atoms with van der Waals surface area (Å²) in [4.78, 5) is 32.5. The third-order valence-corrected chi connectivity index (χ3v) is 5.41. The number of carbonyl (C=O) groups excluding carboxylic acids is 1. The van der Waals surface area contributed by atoms with Crippen molar-refractivity contribution in [1.82, 2.24) is 15.0 Å². The first kappa shape index (κ1) is 19.4. The van der Waals surface area contributed by atoms with Gasteiger partial charge >= 0.3 is 0 Å². The van der Waals surface area contributed by atoms with Gasteiger partial charge in [-0.2, -0.15) is 0 Å². The van der Waals surface area contributed by atoms with Gasteiger partial charge in [0.25, 0.3) is 5.91 Å². The van der Waals surface area contributed by atoms with Gasteiger partial charge in [0, 0.05) is 29.6 Å². The molecule has 1 aliphatic heterocycles. The Morgan fingerprint density at radius 1 is 1.17 bits per heavy atom. The molecule has 1 saturated carbocycles. The van der Waals surface area contributed by atoms with Gasteiger partial charge in [-0.25, -0.2) is 19.9 Å². The monoisotopic (exact) mass is 453 g/mol. The van der Waals surface area contributed by atoms with E-state index >= 15 is 0 Å². The fourth-order valence-electron chi connectivity index (χ4n) is 2.87. The second-order valence-electron chi connectivity index (χ2n) is 7.09. The van der Waals surface area contributed by atoms with Crippen LogP contribution >= 0.6 is 15.9 Å². The van der Waals surface area contributed by atoms with E-state index < -0.39 is 0 Å². The van der Waals surface area contributed by atoms with E-state index in [4.69, 9.17) is 4.74 Å². The van der Waals surface area contributed by atoms with Crippen molar-refractivity contribution in [1.29, 1.82) is 0 Å². The summed E-state index contributed by atoms with van der Waals surface area (Å²) in [7, 11) is 0. The standard InChI is InChI=1S/C21H20BrN5O2/c1-12-11-29-21(14(3)26-18(12)22)27(17-7-4-13(2)23-10-17)20(28)16-8-24-19(25-9-16)15-5-6-15/h4,7-10,15H,1,5-6,11H2,2-3H3. The number of hydrogen-bond acceptors (Lipinski definition) is 6. The zero-order chi connectivity index (χ0) is 20.5. The average Bonchev–Trinajstić information content (AvgIpc) is 3.57. The Balaban J connectivity index is 1.76. The molecule has 29 heavy (non-hydrogen) atoms. The van der Waals surface area contributed by atoms with E-state index in [0.29, 0.717) is 38.9 Å². The highest BCUT2D eigenvalue weighted by molar-refractivity contribution is 9.18. The van der Waals surface area contributed by atoms with Gasteiger partial charge in [-0.3, -0.25) is 9.78 Å². The number of aryl methyl sites for hydroxylation is 1. The molecule has 148 valence electrons. The summed E-state index contributed by atoms with van der Waals surface area (Å²) < 4.78 is 6.53. The third-order valence-electron chi connectivity index (χ3n) is 4.67. The van der Waals surface area contributed by atoms with Crippen LogP contribution in [0.3, 0.4) is 0 Å². The number of pyridine rings is 1. The Hall–Kier alpha value is -2.87. The van der Waals surface area contributed by atoms with Crippen molar-refractivity contribution in [2.45, 2.75) is 32.6 Å². The molecular formula is C21H20BrN5O2. The lowest BCUT2D eigenvalue weighted by Crippen LogP contribution is -2.32. The number of aromatic nitrogens is 3. The second-order valence-corrected chi connectivity index (χ2v) is 7.84. The fraction of sp³-hybridized carbons (Fsp3) is 0.286. The van der Waals surface area contributed by atoms with Gasteiger partial charge in [-0.1, -0.05) is 6.58 Å². The van der Waals surface area contributed by atoms with Crippen molar-refractivity contribution < 1.29 is 9.53 Å². The normalized spacial score (nSPS) is 16.8. The van der Waals surface area contributed by atoms with Gasteiger partial charge in [0.2, 0.25) is 5.88 Å². The lowest BCUT2D eigenvalue weighted by Gasteiger charge is -2.25. The predicted octanol–water partition coefficient (Wildman–Crippen LogP) is 4.27. The molecule has 7 nitrogen and oxygen atoms in total. The van der Waals surface area contributed by atoms with Gasteiger partial charge in [-0.15, -0.1) is 0 Å². The van der Waals surface area contributed by atoms with Crippen LogP contribution in [0.2, 0.25) is 0 Å². The Labute approximate surface area is 177 Å². The average molecular weight is 454 g/mol. The first-order chi connectivity index (χ1) is 13.9. The molecule has 0 N–H and O–H groups in total. The Bertz CT molecular complexity index is 1020. The number of hydrogen-bond donors (Lipinski definition) is 0. The molecule has 8 heteroatoms. The molecule has 0 aromatic carbocycles. The number of carbonyl (C=O) groups is 1. The Morgan fingerprint density at radius 3 is 2.52 bits per heavy atom. The number of rotatable bonds is 4. The van der Waals surface area contributed by atoms with Crippen LogP contribution < -0.4 is 4.90 Å². The van der Waals surface area contributed by atoms with E-state index in [0.717, 1.165) is 24.4 Å². The lowest BCUT2D eigenvalue weighted by molar-refractivity contribution is 0.0967. The van der Waals surface area contributed by atoms with Crippen molar-refractivity contribution in [3.05, 3.63) is 71.5 Å².